The minimum atomic E-state index is 0. The zero-order valence-corrected chi connectivity index (χ0v) is 10.6. The number of carbonyl (C=O) groups excluding carboxylic acids is 1. The predicted octanol–water partition coefficient (Wildman–Crippen LogP) is 0.347. The molecule has 0 saturated carbocycles. The van der Waals surface area contributed by atoms with E-state index in [1.165, 1.54) is 0 Å². The van der Waals surface area contributed by atoms with Gasteiger partial charge in [-0.15, -0.1) is 12.4 Å². The molecule has 0 radical (unpaired) electrons. The molecule has 1 aliphatic rings. The zero-order valence-electron chi connectivity index (χ0n) is 8.98. The molecule has 2 N–H and O–H groups in total. The van der Waals surface area contributed by atoms with Crippen LogP contribution in [0, 0.1) is 0 Å². The van der Waals surface area contributed by atoms with Gasteiger partial charge in [0.1, 0.15) is 0 Å². The highest BCUT2D eigenvalue weighted by Crippen LogP contribution is 2.07. The van der Waals surface area contributed by atoms with Crippen LogP contribution >= 0.6 is 24.2 Å². The van der Waals surface area contributed by atoms with Crippen molar-refractivity contribution >= 4 is 30.1 Å². The van der Waals surface area contributed by atoms with Crippen LogP contribution in [0.1, 0.15) is 6.42 Å². The molecule has 0 aliphatic carbocycles. The third kappa shape index (κ3) is 5.06. The monoisotopic (exact) mass is 254 g/mol. The molecule has 90 valence electrons. The van der Waals surface area contributed by atoms with Gasteiger partial charge in [-0.2, -0.15) is 11.8 Å². The van der Waals surface area contributed by atoms with Crippen molar-refractivity contribution in [3.63, 3.8) is 0 Å². The number of ether oxygens (including phenoxy) is 1. The van der Waals surface area contributed by atoms with Crippen LogP contribution in [0.25, 0.3) is 0 Å². The quantitative estimate of drug-likeness (QED) is 0.787. The Morgan fingerprint density at radius 2 is 2.40 bits per heavy atom. The van der Waals surface area contributed by atoms with Crippen molar-refractivity contribution in [3.8, 4) is 0 Å². The Morgan fingerprint density at radius 3 is 3.00 bits per heavy atom. The normalized spacial score (nSPS) is 20.9. The van der Waals surface area contributed by atoms with Crippen molar-refractivity contribution in [2.45, 2.75) is 12.5 Å². The molecule has 1 heterocycles. The minimum Gasteiger partial charge on any atom is -0.373 e. The number of halogens is 1. The first-order chi connectivity index (χ1) is 6.77. The fraction of sp³-hybridized carbons (Fsp3) is 0.889. The lowest BCUT2D eigenvalue weighted by molar-refractivity contribution is -0.137. The average molecular weight is 255 g/mol. The Morgan fingerprint density at radius 1 is 1.67 bits per heavy atom. The van der Waals surface area contributed by atoms with E-state index in [0.717, 1.165) is 5.75 Å². The number of thioether (sulfide) groups is 1. The molecule has 0 aromatic heterocycles. The van der Waals surface area contributed by atoms with E-state index >= 15 is 0 Å². The van der Waals surface area contributed by atoms with Crippen LogP contribution in [-0.4, -0.2) is 55.2 Å². The van der Waals surface area contributed by atoms with Crippen molar-refractivity contribution in [2.24, 2.45) is 5.73 Å². The van der Waals surface area contributed by atoms with Crippen molar-refractivity contribution < 1.29 is 9.53 Å². The lowest BCUT2D eigenvalue weighted by Crippen LogP contribution is -2.48. The van der Waals surface area contributed by atoms with Gasteiger partial charge in [0.2, 0.25) is 5.91 Å². The first-order valence-corrected chi connectivity index (χ1v) is 6.25. The number of hydrogen-bond donors (Lipinski definition) is 1. The number of carbonyl (C=O) groups is 1. The molecule has 1 saturated heterocycles. The molecule has 4 nitrogen and oxygen atoms in total. The standard InChI is InChI=1S/C9H18N2O2S.ClH/c1-14-5-2-9(12)11-3-4-13-8(6-10)7-11;/h8H,2-7,10H2,1H3;1H. The van der Waals surface area contributed by atoms with Crippen LogP contribution in [0.3, 0.4) is 0 Å². The Labute approximate surface area is 101 Å². The Kier molecular flexibility index (Phi) is 8.23. The maximum Gasteiger partial charge on any atom is 0.223 e. The van der Waals surface area contributed by atoms with Gasteiger partial charge in [0.05, 0.1) is 12.7 Å². The molecule has 1 fully saturated rings. The SMILES string of the molecule is CSCCC(=O)N1CCOC(CN)C1.Cl. The molecule has 0 bridgehead atoms. The Hall–Kier alpha value is 0.0300. The van der Waals surface area contributed by atoms with E-state index in [4.69, 9.17) is 10.5 Å². The van der Waals surface area contributed by atoms with Crippen molar-refractivity contribution in [3.05, 3.63) is 0 Å². The maximum atomic E-state index is 11.6. The number of amides is 1. The largest absolute Gasteiger partial charge is 0.373 e. The van der Waals surface area contributed by atoms with Gasteiger partial charge >= 0.3 is 0 Å². The third-order valence-corrected chi connectivity index (χ3v) is 2.89. The van der Waals surface area contributed by atoms with E-state index < -0.39 is 0 Å². The van der Waals surface area contributed by atoms with Gasteiger partial charge in [-0.25, -0.2) is 0 Å². The summed E-state index contributed by atoms with van der Waals surface area (Å²) in [6, 6.07) is 0. The van der Waals surface area contributed by atoms with Gasteiger partial charge in [0, 0.05) is 31.8 Å². The molecule has 0 spiro atoms. The van der Waals surface area contributed by atoms with Crippen LogP contribution in [0.4, 0.5) is 0 Å². The van der Waals surface area contributed by atoms with Crippen molar-refractivity contribution in [1.29, 1.82) is 0 Å². The molecule has 6 heteroatoms. The summed E-state index contributed by atoms with van der Waals surface area (Å²) in [5.74, 6) is 1.12. The highest BCUT2D eigenvalue weighted by atomic mass is 35.5. The fourth-order valence-corrected chi connectivity index (χ4v) is 1.81. The minimum absolute atomic E-state index is 0. The summed E-state index contributed by atoms with van der Waals surface area (Å²) in [7, 11) is 0. The van der Waals surface area contributed by atoms with Crippen molar-refractivity contribution in [2.75, 3.05) is 38.2 Å². The smallest absolute Gasteiger partial charge is 0.223 e. The molecule has 1 unspecified atom stereocenters. The molecule has 1 atom stereocenters. The Bertz CT molecular complexity index is 195. The highest BCUT2D eigenvalue weighted by molar-refractivity contribution is 7.98. The second kappa shape index (κ2) is 8.21. The first-order valence-electron chi connectivity index (χ1n) is 4.86. The summed E-state index contributed by atoms with van der Waals surface area (Å²) in [5, 5.41) is 0. The molecule has 1 aliphatic heterocycles. The zero-order chi connectivity index (χ0) is 10.4. The van der Waals surface area contributed by atoms with Gasteiger partial charge in [0.15, 0.2) is 0 Å². The van der Waals surface area contributed by atoms with Gasteiger partial charge in [-0.3, -0.25) is 4.79 Å². The maximum absolute atomic E-state index is 11.6. The molecule has 0 aromatic carbocycles. The lowest BCUT2D eigenvalue weighted by Gasteiger charge is -2.32. The molecule has 1 rings (SSSR count). The van der Waals surface area contributed by atoms with Crippen LogP contribution in [0.2, 0.25) is 0 Å². The highest BCUT2D eigenvalue weighted by Gasteiger charge is 2.22. The number of nitrogens with zero attached hydrogens (tertiary/aromatic N) is 1. The number of rotatable bonds is 4. The van der Waals surface area contributed by atoms with E-state index in [0.29, 0.717) is 32.7 Å². The number of morpholine rings is 1. The summed E-state index contributed by atoms with van der Waals surface area (Å²) >= 11 is 1.70. The summed E-state index contributed by atoms with van der Waals surface area (Å²) in [6.45, 7) is 2.48. The first kappa shape index (κ1) is 15.0. The van der Waals surface area contributed by atoms with Crippen LogP contribution in [0.5, 0.6) is 0 Å². The number of nitrogens with two attached hydrogens (primary N) is 1. The topological polar surface area (TPSA) is 55.6 Å². The van der Waals surface area contributed by atoms with Gasteiger partial charge < -0.3 is 15.4 Å². The molecule has 0 aromatic rings. The van der Waals surface area contributed by atoms with Crippen molar-refractivity contribution in [1.82, 2.24) is 4.90 Å². The average Bonchev–Trinajstić information content (AvgIpc) is 2.26. The van der Waals surface area contributed by atoms with Crippen LogP contribution < -0.4 is 5.73 Å². The Balaban J connectivity index is 0.00000196. The van der Waals surface area contributed by atoms with E-state index in [1.807, 2.05) is 11.2 Å². The predicted molar refractivity (Wildman–Crippen MR) is 65.6 cm³/mol. The second-order valence-corrected chi connectivity index (χ2v) is 4.30. The summed E-state index contributed by atoms with van der Waals surface area (Å²) in [6.07, 6.45) is 2.66. The third-order valence-electron chi connectivity index (χ3n) is 2.27. The molecule has 15 heavy (non-hydrogen) atoms. The van der Waals surface area contributed by atoms with Crippen LogP contribution in [-0.2, 0) is 9.53 Å². The summed E-state index contributed by atoms with van der Waals surface area (Å²) < 4.78 is 5.39. The second-order valence-electron chi connectivity index (χ2n) is 3.31. The van der Waals surface area contributed by atoms with E-state index in [-0.39, 0.29) is 24.4 Å². The molecular formula is C9H19ClN2O2S. The fourth-order valence-electron chi connectivity index (χ4n) is 1.44. The summed E-state index contributed by atoms with van der Waals surface area (Å²) in [5.41, 5.74) is 5.50. The summed E-state index contributed by atoms with van der Waals surface area (Å²) in [4.78, 5) is 13.5. The lowest BCUT2D eigenvalue weighted by atomic mass is 10.2. The van der Waals surface area contributed by atoms with Gasteiger partial charge in [-0.05, 0) is 6.26 Å². The van der Waals surface area contributed by atoms with Gasteiger partial charge in [0.25, 0.3) is 0 Å². The van der Waals surface area contributed by atoms with Gasteiger partial charge in [-0.1, -0.05) is 0 Å². The van der Waals surface area contributed by atoms with E-state index in [2.05, 4.69) is 0 Å². The molecule has 1 amide bonds. The van der Waals surface area contributed by atoms with E-state index in [9.17, 15) is 4.79 Å². The molecular weight excluding hydrogens is 236 g/mol. The van der Waals surface area contributed by atoms with Crippen LogP contribution in [0.15, 0.2) is 0 Å². The number of hydrogen-bond acceptors (Lipinski definition) is 4. The van der Waals surface area contributed by atoms with E-state index in [1.54, 1.807) is 11.8 Å².